The SMILES string of the molecule is CN1CCCCCCN(C(=O)Cn2cncn2)[C@@H]2CCCC[C@@H]2Oc2ccccc2C1=O. The molecule has 2 aliphatic rings. The minimum atomic E-state index is -0.134. The smallest absolute Gasteiger partial charge is 0.257 e. The highest BCUT2D eigenvalue weighted by Crippen LogP contribution is 2.30. The number of ether oxygens (including phenoxy) is 1. The predicted octanol–water partition coefficient (Wildman–Crippen LogP) is 3.14. The third-order valence-electron chi connectivity index (χ3n) is 6.54. The Bertz CT molecular complexity index is 901. The van der Waals surface area contributed by atoms with Gasteiger partial charge in [-0.3, -0.25) is 9.59 Å². The van der Waals surface area contributed by atoms with Crippen LogP contribution in [-0.2, 0) is 11.3 Å². The van der Waals surface area contributed by atoms with Gasteiger partial charge in [0.05, 0.1) is 11.6 Å². The van der Waals surface area contributed by atoms with E-state index in [-0.39, 0.29) is 30.5 Å². The lowest BCUT2D eigenvalue weighted by Crippen LogP contribution is -2.52. The number of amides is 2. The molecule has 2 amide bonds. The molecule has 0 unspecified atom stereocenters. The van der Waals surface area contributed by atoms with Gasteiger partial charge in [0, 0.05) is 20.1 Å². The van der Waals surface area contributed by atoms with Crippen LogP contribution in [0, 0.1) is 0 Å². The van der Waals surface area contributed by atoms with Crippen molar-refractivity contribution in [2.45, 2.75) is 70.1 Å². The van der Waals surface area contributed by atoms with E-state index in [0.717, 1.165) is 51.4 Å². The highest BCUT2D eigenvalue weighted by molar-refractivity contribution is 5.96. The van der Waals surface area contributed by atoms with Crippen molar-refractivity contribution in [3.63, 3.8) is 0 Å². The molecule has 1 aliphatic heterocycles. The normalized spacial score (nSPS) is 23.0. The summed E-state index contributed by atoms with van der Waals surface area (Å²) < 4.78 is 8.08. The molecule has 0 spiro atoms. The van der Waals surface area contributed by atoms with Gasteiger partial charge in [0.2, 0.25) is 5.91 Å². The first kappa shape index (κ1) is 22.3. The van der Waals surface area contributed by atoms with Crippen molar-refractivity contribution in [1.29, 1.82) is 0 Å². The fraction of sp³-hybridized carbons (Fsp3) is 0.583. The van der Waals surface area contributed by atoms with Crippen LogP contribution in [0.15, 0.2) is 36.9 Å². The molecule has 8 heteroatoms. The second-order valence-electron chi connectivity index (χ2n) is 8.83. The molecule has 0 radical (unpaired) electrons. The zero-order valence-electron chi connectivity index (χ0n) is 18.9. The molecule has 172 valence electrons. The van der Waals surface area contributed by atoms with E-state index in [1.165, 1.54) is 6.33 Å². The molecule has 32 heavy (non-hydrogen) atoms. The molecular weight excluding hydrogens is 406 g/mol. The first-order valence-corrected chi connectivity index (χ1v) is 11.8. The summed E-state index contributed by atoms with van der Waals surface area (Å²) in [4.78, 5) is 34.2. The zero-order chi connectivity index (χ0) is 22.3. The summed E-state index contributed by atoms with van der Waals surface area (Å²) in [5.41, 5.74) is 0.594. The molecule has 0 bridgehead atoms. The predicted molar refractivity (Wildman–Crippen MR) is 120 cm³/mol. The number of aromatic nitrogens is 3. The molecule has 2 aromatic rings. The summed E-state index contributed by atoms with van der Waals surface area (Å²) in [5.74, 6) is 0.651. The van der Waals surface area contributed by atoms with Crippen molar-refractivity contribution in [1.82, 2.24) is 24.6 Å². The van der Waals surface area contributed by atoms with Crippen LogP contribution in [-0.4, -0.2) is 68.7 Å². The quantitative estimate of drug-likeness (QED) is 0.718. The standard InChI is InChI=1S/C24H33N5O3/c1-27-14-8-2-3-9-15-29(23(30)16-28-18-25-17-26-28)20-11-5-7-13-22(20)32-21-12-6-4-10-19(21)24(27)31/h4,6,10,12,17-18,20,22H,2-3,5,7-9,11,13-16H2,1H3/t20-,22+/m1/s1. The molecule has 0 N–H and O–H groups in total. The Hall–Kier alpha value is -2.90. The first-order valence-electron chi connectivity index (χ1n) is 11.8. The van der Waals surface area contributed by atoms with Gasteiger partial charge in [-0.15, -0.1) is 0 Å². The summed E-state index contributed by atoms with van der Waals surface area (Å²) in [6.45, 7) is 1.62. The van der Waals surface area contributed by atoms with Crippen LogP contribution >= 0.6 is 0 Å². The lowest BCUT2D eigenvalue weighted by molar-refractivity contribution is -0.137. The van der Waals surface area contributed by atoms with Crippen molar-refractivity contribution in [3.8, 4) is 5.75 Å². The lowest BCUT2D eigenvalue weighted by Gasteiger charge is -2.40. The van der Waals surface area contributed by atoms with Gasteiger partial charge in [-0.25, -0.2) is 9.67 Å². The summed E-state index contributed by atoms with van der Waals surface area (Å²) >= 11 is 0. The molecule has 2 atom stereocenters. The Morgan fingerprint density at radius 1 is 1.06 bits per heavy atom. The van der Waals surface area contributed by atoms with Crippen molar-refractivity contribution >= 4 is 11.8 Å². The van der Waals surface area contributed by atoms with Gasteiger partial charge in [0.1, 0.15) is 31.1 Å². The van der Waals surface area contributed by atoms with E-state index in [4.69, 9.17) is 4.74 Å². The topological polar surface area (TPSA) is 80.6 Å². The van der Waals surface area contributed by atoms with Crippen LogP contribution in [0.1, 0.15) is 61.7 Å². The van der Waals surface area contributed by atoms with Crippen LogP contribution in [0.3, 0.4) is 0 Å². The highest BCUT2D eigenvalue weighted by Gasteiger charge is 2.35. The number of nitrogens with zero attached hydrogens (tertiary/aromatic N) is 5. The van der Waals surface area contributed by atoms with E-state index in [2.05, 4.69) is 10.1 Å². The molecule has 1 fully saturated rings. The Kier molecular flexibility index (Phi) is 7.39. The zero-order valence-corrected chi connectivity index (χ0v) is 18.9. The number of benzene rings is 1. The fourth-order valence-corrected chi connectivity index (χ4v) is 4.79. The van der Waals surface area contributed by atoms with E-state index in [1.54, 1.807) is 15.9 Å². The molecular formula is C24H33N5O3. The fourth-order valence-electron chi connectivity index (χ4n) is 4.79. The highest BCUT2D eigenvalue weighted by atomic mass is 16.5. The number of carbonyl (C=O) groups excluding carboxylic acids is 2. The van der Waals surface area contributed by atoms with Crippen LogP contribution in [0.25, 0.3) is 0 Å². The van der Waals surface area contributed by atoms with Crippen molar-refractivity contribution in [2.75, 3.05) is 20.1 Å². The maximum Gasteiger partial charge on any atom is 0.257 e. The molecule has 1 aromatic carbocycles. The van der Waals surface area contributed by atoms with Crippen LogP contribution in [0.5, 0.6) is 5.75 Å². The molecule has 1 saturated carbocycles. The van der Waals surface area contributed by atoms with Crippen LogP contribution in [0.2, 0.25) is 0 Å². The molecule has 0 saturated heterocycles. The number of hydrogen-bond donors (Lipinski definition) is 0. The van der Waals surface area contributed by atoms with Gasteiger partial charge in [0.15, 0.2) is 0 Å². The Labute approximate surface area is 189 Å². The minimum Gasteiger partial charge on any atom is -0.487 e. The molecule has 1 aromatic heterocycles. The van der Waals surface area contributed by atoms with Crippen molar-refractivity contribution in [3.05, 3.63) is 42.5 Å². The summed E-state index contributed by atoms with van der Waals surface area (Å²) in [6, 6.07) is 7.49. The lowest BCUT2D eigenvalue weighted by atomic mass is 9.90. The second kappa shape index (κ2) is 10.6. The van der Waals surface area contributed by atoms with Gasteiger partial charge in [-0.1, -0.05) is 31.4 Å². The Morgan fingerprint density at radius 3 is 2.66 bits per heavy atom. The number of hydrogen-bond acceptors (Lipinski definition) is 5. The number of carbonyl (C=O) groups is 2. The summed E-state index contributed by atoms with van der Waals surface area (Å²) in [7, 11) is 1.86. The van der Waals surface area contributed by atoms with Gasteiger partial charge in [-0.05, 0) is 44.2 Å². The van der Waals surface area contributed by atoms with Crippen molar-refractivity contribution in [2.24, 2.45) is 0 Å². The van der Waals surface area contributed by atoms with E-state index in [0.29, 0.717) is 24.4 Å². The third kappa shape index (κ3) is 5.29. The second-order valence-corrected chi connectivity index (χ2v) is 8.83. The maximum absolute atomic E-state index is 13.3. The van der Waals surface area contributed by atoms with Gasteiger partial charge in [0.25, 0.3) is 5.91 Å². The summed E-state index contributed by atoms with van der Waals surface area (Å²) in [6.07, 6.45) is 10.8. The molecule has 2 heterocycles. The number of fused-ring (bicyclic) bond motifs is 2. The average molecular weight is 440 g/mol. The first-order chi connectivity index (χ1) is 15.6. The number of rotatable bonds is 2. The molecule has 8 nitrogen and oxygen atoms in total. The third-order valence-corrected chi connectivity index (χ3v) is 6.54. The van der Waals surface area contributed by atoms with Crippen molar-refractivity contribution < 1.29 is 14.3 Å². The van der Waals surface area contributed by atoms with E-state index >= 15 is 0 Å². The van der Waals surface area contributed by atoms with E-state index < -0.39 is 0 Å². The van der Waals surface area contributed by atoms with E-state index in [9.17, 15) is 9.59 Å². The molecule has 4 rings (SSSR count). The Morgan fingerprint density at radius 2 is 1.84 bits per heavy atom. The van der Waals surface area contributed by atoms with Gasteiger partial charge in [-0.2, -0.15) is 5.10 Å². The maximum atomic E-state index is 13.3. The Balaban J connectivity index is 1.62. The van der Waals surface area contributed by atoms with Gasteiger partial charge < -0.3 is 14.5 Å². The number of para-hydroxylation sites is 1. The molecule has 1 aliphatic carbocycles. The summed E-state index contributed by atoms with van der Waals surface area (Å²) in [5, 5.41) is 4.11. The average Bonchev–Trinajstić information content (AvgIpc) is 3.31. The largest absolute Gasteiger partial charge is 0.487 e. The monoisotopic (exact) mass is 439 g/mol. The van der Waals surface area contributed by atoms with Crippen LogP contribution in [0.4, 0.5) is 0 Å². The van der Waals surface area contributed by atoms with E-state index in [1.807, 2.05) is 36.2 Å². The minimum absolute atomic E-state index is 0.0101. The van der Waals surface area contributed by atoms with Gasteiger partial charge >= 0.3 is 0 Å². The van der Waals surface area contributed by atoms with Crippen LogP contribution < -0.4 is 4.74 Å².